The predicted molar refractivity (Wildman–Crippen MR) is 69.4 cm³/mol. The fourth-order valence-electron chi connectivity index (χ4n) is 1.45. The van der Waals surface area contributed by atoms with Gasteiger partial charge in [-0.25, -0.2) is 9.59 Å². The summed E-state index contributed by atoms with van der Waals surface area (Å²) in [5, 5.41) is 8.42. The van der Waals surface area contributed by atoms with E-state index >= 15 is 0 Å². The van der Waals surface area contributed by atoms with Gasteiger partial charge in [0.15, 0.2) is 0 Å². The summed E-state index contributed by atoms with van der Waals surface area (Å²) in [5.74, 6) is -1.22. The number of carboxylic acids is 1. The van der Waals surface area contributed by atoms with Crippen molar-refractivity contribution in [3.63, 3.8) is 0 Å². The molecule has 0 saturated heterocycles. The zero-order valence-electron chi connectivity index (χ0n) is 11.0. The summed E-state index contributed by atoms with van der Waals surface area (Å²) in [6, 6.07) is 3.55. The van der Waals surface area contributed by atoms with E-state index < -0.39 is 5.97 Å². The van der Waals surface area contributed by atoms with E-state index in [-0.39, 0.29) is 11.7 Å². The molecule has 3 N–H and O–H groups in total. The van der Waals surface area contributed by atoms with E-state index in [2.05, 4.69) is 14.7 Å². The molecule has 0 amide bonds. The van der Waals surface area contributed by atoms with Crippen LogP contribution in [-0.4, -0.2) is 34.1 Å². The molecule has 0 aliphatic rings. The van der Waals surface area contributed by atoms with E-state index in [1.165, 1.54) is 7.11 Å². The lowest BCUT2D eigenvalue weighted by atomic mass is 10.3. The molecule has 0 bridgehead atoms. The Kier molecular flexibility index (Phi) is 4.93. The molecule has 102 valence electrons. The van der Waals surface area contributed by atoms with Gasteiger partial charge in [0.05, 0.1) is 7.11 Å². The van der Waals surface area contributed by atoms with Gasteiger partial charge < -0.3 is 19.8 Å². The van der Waals surface area contributed by atoms with Crippen LogP contribution in [0.1, 0.15) is 32.1 Å². The fourth-order valence-corrected chi connectivity index (χ4v) is 1.45. The van der Waals surface area contributed by atoms with E-state index in [9.17, 15) is 9.59 Å². The van der Waals surface area contributed by atoms with Crippen LogP contribution >= 0.6 is 0 Å². The number of hydrogen-bond acceptors (Lipinski definition) is 3. The molecule has 2 aromatic rings. The molecule has 0 fully saturated rings. The number of esters is 1. The van der Waals surface area contributed by atoms with Gasteiger partial charge in [-0.2, -0.15) is 0 Å². The third kappa shape index (κ3) is 3.74. The Bertz CT molecular complexity index is 569. The number of hydrogen-bond donors (Lipinski definition) is 3. The van der Waals surface area contributed by atoms with Crippen LogP contribution in [0.2, 0.25) is 0 Å². The zero-order valence-corrected chi connectivity index (χ0v) is 11.0. The van der Waals surface area contributed by atoms with Crippen LogP contribution in [0.15, 0.2) is 24.5 Å². The first-order chi connectivity index (χ1) is 8.97. The number of carboxylic acid groups (broad SMARTS) is 1. The van der Waals surface area contributed by atoms with Gasteiger partial charge in [-0.1, -0.05) is 0 Å². The minimum absolute atomic E-state index is 0.273. The van der Waals surface area contributed by atoms with Gasteiger partial charge in [-0.05, 0) is 37.1 Å². The molecule has 0 aliphatic heterocycles. The van der Waals surface area contributed by atoms with Crippen molar-refractivity contribution in [3.05, 3.63) is 47.0 Å². The van der Waals surface area contributed by atoms with Gasteiger partial charge in [-0.15, -0.1) is 0 Å². The summed E-state index contributed by atoms with van der Waals surface area (Å²) < 4.78 is 4.51. The van der Waals surface area contributed by atoms with Crippen LogP contribution in [0, 0.1) is 13.8 Å². The number of methoxy groups -OCH3 is 1. The molecule has 0 saturated carbocycles. The molecule has 0 aliphatic carbocycles. The normalized spacial score (nSPS) is 9.42. The van der Waals surface area contributed by atoms with Gasteiger partial charge in [0, 0.05) is 12.4 Å². The summed E-state index contributed by atoms with van der Waals surface area (Å²) in [5.41, 5.74) is 2.48. The highest BCUT2D eigenvalue weighted by Crippen LogP contribution is 2.04. The third-order valence-electron chi connectivity index (χ3n) is 2.51. The summed E-state index contributed by atoms with van der Waals surface area (Å²) in [6.07, 6.45) is 3.32. The lowest BCUT2D eigenvalue weighted by Crippen LogP contribution is -2.02. The molecule has 2 aromatic heterocycles. The number of rotatable bonds is 2. The topological polar surface area (TPSA) is 95.2 Å². The number of H-pyrrole nitrogens is 2. The molecule has 2 heterocycles. The van der Waals surface area contributed by atoms with Crippen LogP contribution in [0.25, 0.3) is 0 Å². The molecule has 0 radical (unpaired) electrons. The molecule has 19 heavy (non-hydrogen) atoms. The van der Waals surface area contributed by atoms with Crippen molar-refractivity contribution >= 4 is 11.9 Å². The SMILES string of the molecule is COC(=O)c1[nH]ccc1C.Cc1cc[nH]c1C(=O)O. The first-order valence-electron chi connectivity index (χ1n) is 5.57. The monoisotopic (exact) mass is 264 g/mol. The largest absolute Gasteiger partial charge is 0.477 e. The highest BCUT2D eigenvalue weighted by molar-refractivity contribution is 5.88. The van der Waals surface area contributed by atoms with Gasteiger partial charge >= 0.3 is 11.9 Å². The number of nitrogens with one attached hydrogen (secondary N) is 2. The number of carbonyl (C=O) groups excluding carboxylic acids is 1. The average molecular weight is 264 g/mol. The molecule has 2 rings (SSSR count). The van der Waals surface area contributed by atoms with Crippen molar-refractivity contribution in [3.8, 4) is 0 Å². The van der Waals surface area contributed by atoms with E-state index in [0.717, 1.165) is 11.1 Å². The number of aryl methyl sites for hydroxylation is 2. The van der Waals surface area contributed by atoms with Crippen molar-refractivity contribution in [2.24, 2.45) is 0 Å². The number of ether oxygens (including phenoxy) is 1. The van der Waals surface area contributed by atoms with Crippen molar-refractivity contribution < 1.29 is 19.4 Å². The summed E-state index contributed by atoms with van der Waals surface area (Å²) >= 11 is 0. The van der Waals surface area contributed by atoms with Crippen molar-refractivity contribution in [1.29, 1.82) is 0 Å². The van der Waals surface area contributed by atoms with E-state index in [4.69, 9.17) is 5.11 Å². The summed E-state index contributed by atoms with van der Waals surface area (Å²) in [4.78, 5) is 26.5. The van der Waals surface area contributed by atoms with Crippen LogP contribution in [0.3, 0.4) is 0 Å². The summed E-state index contributed by atoms with van der Waals surface area (Å²) in [7, 11) is 1.36. The highest BCUT2D eigenvalue weighted by atomic mass is 16.5. The van der Waals surface area contributed by atoms with Gasteiger partial charge in [-0.3, -0.25) is 0 Å². The Morgan fingerprint density at radius 2 is 1.53 bits per heavy atom. The average Bonchev–Trinajstić information content (AvgIpc) is 2.97. The molecule has 0 atom stereocenters. The Labute approximate surface area is 110 Å². The molecule has 0 spiro atoms. The standard InChI is InChI=1S/C7H9NO2.C6H7NO2/c1-5-3-4-8-6(5)7(9)10-2;1-4-2-3-7-5(4)6(8)9/h3-4,8H,1-2H3;2-3,7H,1H3,(H,8,9). The first kappa shape index (κ1) is 14.6. The van der Waals surface area contributed by atoms with Gasteiger partial charge in [0.1, 0.15) is 11.4 Å². The van der Waals surface area contributed by atoms with Crippen LogP contribution < -0.4 is 0 Å². The summed E-state index contributed by atoms with van der Waals surface area (Å²) in [6.45, 7) is 3.60. The Hall–Kier alpha value is -2.50. The highest BCUT2D eigenvalue weighted by Gasteiger charge is 2.08. The molecular formula is C13H16N2O4. The second kappa shape index (κ2) is 6.44. The maximum atomic E-state index is 10.8. The smallest absolute Gasteiger partial charge is 0.354 e. The minimum Gasteiger partial charge on any atom is -0.477 e. The Balaban J connectivity index is 0.000000191. The van der Waals surface area contributed by atoms with E-state index in [0.29, 0.717) is 5.69 Å². The molecule has 0 aromatic carbocycles. The van der Waals surface area contributed by atoms with E-state index in [1.54, 1.807) is 25.4 Å². The third-order valence-corrected chi connectivity index (χ3v) is 2.51. The maximum Gasteiger partial charge on any atom is 0.354 e. The van der Waals surface area contributed by atoms with Crippen molar-refractivity contribution in [2.75, 3.05) is 7.11 Å². The van der Waals surface area contributed by atoms with E-state index in [1.807, 2.05) is 13.0 Å². The predicted octanol–water partition coefficient (Wildman–Crippen LogP) is 2.13. The Morgan fingerprint density at radius 1 is 1.05 bits per heavy atom. The molecule has 0 unspecified atom stereocenters. The number of aromatic carboxylic acids is 1. The second-order valence-corrected chi connectivity index (χ2v) is 3.87. The van der Waals surface area contributed by atoms with Gasteiger partial charge in [0.2, 0.25) is 0 Å². The minimum atomic E-state index is -0.905. The maximum absolute atomic E-state index is 10.8. The van der Waals surface area contributed by atoms with Crippen LogP contribution in [0.5, 0.6) is 0 Å². The van der Waals surface area contributed by atoms with Crippen molar-refractivity contribution in [2.45, 2.75) is 13.8 Å². The lowest BCUT2D eigenvalue weighted by molar-refractivity contribution is 0.0593. The number of aromatic nitrogens is 2. The second-order valence-electron chi connectivity index (χ2n) is 3.87. The number of aromatic amines is 2. The van der Waals surface area contributed by atoms with Crippen LogP contribution in [-0.2, 0) is 4.74 Å². The number of carbonyl (C=O) groups is 2. The molecular weight excluding hydrogens is 248 g/mol. The zero-order chi connectivity index (χ0) is 14.4. The van der Waals surface area contributed by atoms with Crippen molar-refractivity contribution in [1.82, 2.24) is 9.97 Å². The Morgan fingerprint density at radius 3 is 1.79 bits per heavy atom. The van der Waals surface area contributed by atoms with Gasteiger partial charge in [0.25, 0.3) is 0 Å². The lowest BCUT2D eigenvalue weighted by Gasteiger charge is -1.95. The molecule has 6 heteroatoms. The van der Waals surface area contributed by atoms with Crippen LogP contribution in [0.4, 0.5) is 0 Å². The first-order valence-corrected chi connectivity index (χ1v) is 5.57. The quantitative estimate of drug-likeness (QED) is 0.724. The molecule has 6 nitrogen and oxygen atoms in total. The fraction of sp³-hybridized carbons (Fsp3) is 0.231.